The maximum Gasteiger partial charge on any atom is 0.244 e. The third-order valence-corrected chi connectivity index (χ3v) is 6.22. The van der Waals surface area contributed by atoms with Gasteiger partial charge >= 0.3 is 0 Å². The van der Waals surface area contributed by atoms with Crippen molar-refractivity contribution in [3.63, 3.8) is 0 Å². The fourth-order valence-corrected chi connectivity index (χ4v) is 4.69. The van der Waals surface area contributed by atoms with Gasteiger partial charge in [-0.05, 0) is 46.6 Å². The first-order valence-electron chi connectivity index (χ1n) is 7.12. The van der Waals surface area contributed by atoms with Gasteiger partial charge < -0.3 is 10.1 Å². The number of hydrogen-bond donors (Lipinski definition) is 1. The molecule has 1 heterocycles. The average molecular weight is 377 g/mol. The molecule has 0 aliphatic carbocycles. The van der Waals surface area contributed by atoms with Gasteiger partial charge in [-0.2, -0.15) is 4.31 Å². The van der Waals surface area contributed by atoms with E-state index in [1.807, 2.05) is 12.1 Å². The van der Waals surface area contributed by atoms with Crippen LogP contribution in [0.25, 0.3) is 0 Å². The van der Waals surface area contributed by atoms with Gasteiger partial charge in [-0.15, -0.1) is 0 Å². The average Bonchev–Trinajstić information content (AvgIpc) is 2.48. The number of benzene rings is 1. The summed E-state index contributed by atoms with van der Waals surface area (Å²) in [6.45, 7) is 5.53. The summed E-state index contributed by atoms with van der Waals surface area (Å²) in [7, 11) is -3.45. The molecule has 0 bridgehead atoms. The van der Waals surface area contributed by atoms with Crippen molar-refractivity contribution in [2.24, 2.45) is 0 Å². The third-order valence-electron chi connectivity index (χ3n) is 3.34. The van der Waals surface area contributed by atoms with Crippen molar-refractivity contribution in [3.8, 4) is 0 Å². The van der Waals surface area contributed by atoms with Gasteiger partial charge in [-0.25, -0.2) is 8.42 Å². The zero-order valence-corrected chi connectivity index (χ0v) is 14.5. The summed E-state index contributed by atoms with van der Waals surface area (Å²) in [5.41, 5.74) is 1.07. The molecule has 0 aromatic heterocycles. The van der Waals surface area contributed by atoms with Gasteiger partial charge in [-0.1, -0.05) is 13.0 Å². The Hall–Kier alpha value is -0.470. The molecule has 1 aliphatic rings. The van der Waals surface area contributed by atoms with Gasteiger partial charge in [0.25, 0.3) is 0 Å². The second kappa shape index (κ2) is 7.69. The number of nitrogens with zero attached hydrogens (tertiary/aromatic N) is 1. The van der Waals surface area contributed by atoms with Crippen LogP contribution in [0, 0.1) is 0 Å². The quantitative estimate of drug-likeness (QED) is 0.771. The van der Waals surface area contributed by atoms with Crippen LogP contribution in [0.1, 0.15) is 18.9 Å². The summed E-state index contributed by atoms with van der Waals surface area (Å²) in [6, 6.07) is 5.41. The van der Waals surface area contributed by atoms with Gasteiger partial charge in [0, 0.05) is 24.1 Å². The molecule has 1 saturated heterocycles. The van der Waals surface area contributed by atoms with E-state index in [1.54, 1.807) is 6.07 Å². The minimum Gasteiger partial charge on any atom is -0.379 e. The van der Waals surface area contributed by atoms with Crippen molar-refractivity contribution in [2.75, 3.05) is 32.8 Å². The maximum absolute atomic E-state index is 12.6. The molecular weight excluding hydrogens is 356 g/mol. The largest absolute Gasteiger partial charge is 0.379 e. The zero-order chi connectivity index (χ0) is 15.3. The Labute approximate surface area is 134 Å². The van der Waals surface area contributed by atoms with E-state index in [9.17, 15) is 8.42 Å². The summed E-state index contributed by atoms with van der Waals surface area (Å²) in [5.74, 6) is 0. The highest BCUT2D eigenvalue weighted by atomic mass is 79.9. The van der Waals surface area contributed by atoms with Gasteiger partial charge in [0.05, 0.1) is 18.1 Å². The van der Waals surface area contributed by atoms with Crippen LogP contribution in [-0.4, -0.2) is 45.6 Å². The van der Waals surface area contributed by atoms with Crippen LogP contribution < -0.4 is 5.32 Å². The van der Waals surface area contributed by atoms with E-state index in [1.165, 1.54) is 4.31 Å². The van der Waals surface area contributed by atoms with Gasteiger partial charge in [0.2, 0.25) is 10.0 Å². The van der Waals surface area contributed by atoms with Crippen molar-refractivity contribution in [3.05, 3.63) is 28.2 Å². The predicted octanol–water partition coefficient (Wildman–Crippen LogP) is 1.97. The standard InChI is InChI=1S/C14H21BrN2O3S/c1-2-5-16-11-12-3-4-14(13(15)10-12)21(18,19)17-6-8-20-9-7-17/h3-4,10,16H,2,5-9,11H2,1H3. The third kappa shape index (κ3) is 4.26. The number of nitrogens with one attached hydrogen (secondary N) is 1. The van der Waals surface area contributed by atoms with Crippen molar-refractivity contribution in [1.29, 1.82) is 0 Å². The van der Waals surface area contributed by atoms with Crippen LogP contribution in [0.5, 0.6) is 0 Å². The molecule has 0 spiro atoms. The number of halogens is 1. The number of hydrogen-bond acceptors (Lipinski definition) is 4. The lowest BCUT2D eigenvalue weighted by Gasteiger charge is -2.26. The normalized spacial score (nSPS) is 17.0. The highest BCUT2D eigenvalue weighted by Crippen LogP contribution is 2.26. The number of morpholine rings is 1. The Morgan fingerprint density at radius 3 is 2.67 bits per heavy atom. The molecule has 2 rings (SSSR count). The lowest BCUT2D eigenvalue weighted by Crippen LogP contribution is -2.40. The lowest BCUT2D eigenvalue weighted by atomic mass is 10.2. The van der Waals surface area contributed by atoms with Crippen molar-refractivity contribution in [2.45, 2.75) is 24.8 Å². The molecule has 0 saturated carbocycles. The molecule has 1 aromatic carbocycles. The minimum atomic E-state index is -3.45. The van der Waals surface area contributed by atoms with E-state index >= 15 is 0 Å². The van der Waals surface area contributed by atoms with Crippen LogP contribution in [-0.2, 0) is 21.3 Å². The zero-order valence-electron chi connectivity index (χ0n) is 12.1. The Balaban J connectivity index is 2.15. The fourth-order valence-electron chi connectivity index (χ4n) is 2.20. The molecule has 7 heteroatoms. The Morgan fingerprint density at radius 2 is 2.05 bits per heavy atom. The molecule has 21 heavy (non-hydrogen) atoms. The first kappa shape index (κ1) is 16.9. The van der Waals surface area contributed by atoms with E-state index in [4.69, 9.17) is 4.74 Å². The second-order valence-electron chi connectivity index (χ2n) is 4.96. The van der Waals surface area contributed by atoms with Gasteiger partial charge in [0.15, 0.2) is 0 Å². The van der Waals surface area contributed by atoms with Crippen LogP contribution in [0.2, 0.25) is 0 Å². The minimum absolute atomic E-state index is 0.323. The molecule has 1 aliphatic heterocycles. The molecule has 0 unspecified atom stereocenters. The summed E-state index contributed by atoms with van der Waals surface area (Å²) in [4.78, 5) is 0.323. The molecule has 1 fully saturated rings. The van der Waals surface area contributed by atoms with Gasteiger partial charge in [0.1, 0.15) is 0 Å². The molecule has 118 valence electrons. The lowest BCUT2D eigenvalue weighted by molar-refractivity contribution is 0.0730. The number of ether oxygens (including phenoxy) is 1. The fraction of sp³-hybridized carbons (Fsp3) is 0.571. The maximum atomic E-state index is 12.6. The van der Waals surface area contributed by atoms with Gasteiger partial charge in [-0.3, -0.25) is 0 Å². The van der Waals surface area contributed by atoms with Crippen LogP contribution in [0.15, 0.2) is 27.6 Å². The van der Waals surface area contributed by atoms with Crippen molar-refractivity contribution >= 4 is 26.0 Å². The van der Waals surface area contributed by atoms with E-state index in [0.29, 0.717) is 35.7 Å². The first-order chi connectivity index (χ1) is 10.1. The Bertz CT molecular complexity index is 572. The smallest absolute Gasteiger partial charge is 0.244 e. The van der Waals surface area contributed by atoms with E-state index in [0.717, 1.165) is 25.1 Å². The molecule has 1 N–H and O–H groups in total. The SMILES string of the molecule is CCCNCc1ccc(S(=O)(=O)N2CCOCC2)c(Br)c1. The van der Waals surface area contributed by atoms with E-state index in [2.05, 4.69) is 28.2 Å². The second-order valence-corrected chi connectivity index (χ2v) is 7.72. The summed E-state index contributed by atoms with van der Waals surface area (Å²) < 4.78 is 32.5. The predicted molar refractivity (Wildman–Crippen MR) is 85.7 cm³/mol. The molecule has 0 atom stereocenters. The summed E-state index contributed by atoms with van der Waals surface area (Å²) in [6.07, 6.45) is 1.07. The van der Waals surface area contributed by atoms with Crippen molar-refractivity contribution in [1.82, 2.24) is 9.62 Å². The van der Waals surface area contributed by atoms with Crippen LogP contribution in [0.4, 0.5) is 0 Å². The molecule has 0 amide bonds. The van der Waals surface area contributed by atoms with Crippen LogP contribution >= 0.6 is 15.9 Å². The Morgan fingerprint density at radius 1 is 1.33 bits per heavy atom. The molecule has 1 aromatic rings. The molecule has 0 radical (unpaired) electrons. The number of rotatable bonds is 6. The Kier molecular flexibility index (Phi) is 6.19. The van der Waals surface area contributed by atoms with Crippen LogP contribution in [0.3, 0.4) is 0 Å². The first-order valence-corrected chi connectivity index (χ1v) is 9.36. The summed E-state index contributed by atoms with van der Waals surface area (Å²) in [5, 5.41) is 3.30. The molecule has 5 nitrogen and oxygen atoms in total. The van der Waals surface area contributed by atoms with Crippen molar-refractivity contribution < 1.29 is 13.2 Å². The topological polar surface area (TPSA) is 58.6 Å². The van der Waals surface area contributed by atoms with E-state index in [-0.39, 0.29) is 0 Å². The summed E-state index contributed by atoms with van der Waals surface area (Å²) >= 11 is 3.39. The van der Waals surface area contributed by atoms with E-state index < -0.39 is 10.0 Å². The number of sulfonamides is 1. The monoisotopic (exact) mass is 376 g/mol. The molecular formula is C14H21BrN2O3S. The highest BCUT2D eigenvalue weighted by molar-refractivity contribution is 9.10. The highest BCUT2D eigenvalue weighted by Gasteiger charge is 2.28.